The summed E-state index contributed by atoms with van der Waals surface area (Å²) in [5.74, 6) is 0. The third-order valence-electron chi connectivity index (χ3n) is 3.61. The van der Waals surface area contributed by atoms with Gasteiger partial charge in [-0.25, -0.2) is 0 Å². The highest BCUT2D eigenvalue weighted by Gasteiger charge is 2.22. The maximum absolute atomic E-state index is 6.32. The van der Waals surface area contributed by atoms with Crippen LogP contribution in [0.2, 0.25) is 0 Å². The molecule has 2 atom stereocenters. The summed E-state index contributed by atoms with van der Waals surface area (Å²) in [6, 6.07) is 0. The van der Waals surface area contributed by atoms with E-state index in [4.69, 9.17) is 16.2 Å². The topological polar surface area (TPSA) is 61.3 Å². The molecule has 0 bridgehead atoms. The van der Waals surface area contributed by atoms with Gasteiger partial charge >= 0.3 is 0 Å². The lowest BCUT2D eigenvalue weighted by molar-refractivity contribution is 0.0204. The number of hydrogen-bond donors (Lipinski definition) is 2. The zero-order valence-electron chi connectivity index (χ0n) is 11.4. The number of allylic oxidation sites excluding steroid dienone is 6. The van der Waals surface area contributed by atoms with Crippen LogP contribution in [0.15, 0.2) is 47.6 Å². The van der Waals surface area contributed by atoms with Crippen LogP contribution in [-0.2, 0) is 4.74 Å². The highest BCUT2D eigenvalue weighted by atomic mass is 16.5. The number of nitrogens with two attached hydrogens (primary N) is 2. The lowest BCUT2D eigenvalue weighted by Crippen LogP contribution is -2.29. The van der Waals surface area contributed by atoms with Crippen molar-refractivity contribution in [1.82, 2.24) is 0 Å². The van der Waals surface area contributed by atoms with Gasteiger partial charge in [-0.1, -0.05) is 36.5 Å². The van der Waals surface area contributed by atoms with E-state index in [-0.39, 0.29) is 12.2 Å². The molecule has 0 fully saturated rings. The highest BCUT2D eigenvalue weighted by Crippen LogP contribution is 2.26. The van der Waals surface area contributed by atoms with Gasteiger partial charge in [-0.3, -0.25) is 0 Å². The van der Waals surface area contributed by atoms with Crippen LogP contribution in [0.25, 0.3) is 0 Å². The van der Waals surface area contributed by atoms with Gasteiger partial charge in [0.15, 0.2) is 0 Å². The van der Waals surface area contributed by atoms with Crippen LogP contribution >= 0.6 is 0 Å². The van der Waals surface area contributed by atoms with Gasteiger partial charge in [-0.15, -0.1) is 0 Å². The molecule has 0 aromatic heterocycles. The third kappa shape index (κ3) is 3.90. The van der Waals surface area contributed by atoms with Crippen LogP contribution in [0.4, 0.5) is 0 Å². The summed E-state index contributed by atoms with van der Waals surface area (Å²) in [4.78, 5) is 0. The Labute approximate surface area is 115 Å². The molecule has 0 aliphatic heterocycles. The summed E-state index contributed by atoms with van der Waals surface area (Å²) >= 11 is 0. The van der Waals surface area contributed by atoms with E-state index in [1.165, 1.54) is 11.1 Å². The van der Waals surface area contributed by atoms with Crippen LogP contribution < -0.4 is 11.5 Å². The van der Waals surface area contributed by atoms with E-state index in [0.717, 1.165) is 25.7 Å². The first-order valence-corrected chi connectivity index (χ1v) is 7.12. The molecule has 2 aliphatic rings. The fourth-order valence-corrected chi connectivity index (χ4v) is 2.59. The fourth-order valence-electron chi connectivity index (χ4n) is 2.59. The van der Waals surface area contributed by atoms with Crippen molar-refractivity contribution < 1.29 is 4.74 Å². The first-order valence-electron chi connectivity index (χ1n) is 7.12. The predicted octanol–water partition coefficient (Wildman–Crippen LogP) is 2.21. The van der Waals surface area contributed by atoms with Crippen molar-refractivity contribution in [2.24, 2.45) is 11.5 Å². The fraction of sp³-hybridized carbons (Fsp3) is 0.500. The average Bonchev–Trinajstić information content (AvgIpc) is 3.10. The van der Waals surface area contributed by atoms with E-state index >= 15 is 0 Å². The minimum absolute atomic E-state index is 0.123. The molecule has 0 saturated carbocycles. The van der Waals surface area contributed by atoms with E-state index in [1.54, 1.807) is 0 Å². The summed E-state index contributed by atoms with van der Waals surface area (Å²) in [5.41, 5.74) is 14.1. The maximum atomic E-state index is 6.32. The van der Waals surface area contributed by atoms with Gasteiger partial charge in [0.1, 0.15) is 0 Å². The largest absolute Gasteiger partial charge is 0.366 e. The number of ether oxygens (including phenoxy) is 1. The Balaban J connectivity index is 2.00. The summed E-state index contributed by atoms with van der Waals surface area (Å²) < 4.78 is 6.32. The summed E-state index contributed by atoms with van der Waals surface area (Å²) in [6.07, 6.45) is 16.8. The maximum Gasteiger partial charge on any atom is 0.0811 e. The molecular weight excluding hydrogens is 236 g/mol. The number of hydrogen-bond acceptors (Lipinski definition) is 3. The standard InChI is InChI=1S/C16H24N2O/c17-11-9-15(13-5-1-2-6-13)19-16(10-12-18)14-7-3-4-8-14/h1-5,7,15-16H,6,8-12,17-18H2. The Hall–Kier alpha value is -1.16. The third-order valence-corrected chi connectivity index (χ3v) is 3.61. The molecule has 3 nitrogen and oxygen atoms in total. The summed E-state index contributed by atoms with van der Waals surface area (Å²) in [6.45, 7) is 1.29. The van der Waals surface area contributed by atoms with Gasteiger partial charge in [0.25, 0.3) is 0 Å². The first kappa shape index (κ1) is 14.3. The minimum atomic E-state index is 0.123. The predicted molar refractivity (Wildman–Crippen MR) is 79.7 cm³/mol. The molecular formula is C16H24N2O. The van der Waals surface area contributed by atoms with Gasteiger partial charge in [-0.2, -0.15) is 0 Å². The van der Waals surface area contributed by atoms with Gasteiger partial charge in [0.2, 0.25) is 0 Å². The van der Waals surface area contributed by atoms with Crippen molar-refractivity contribution in [3.8, 4) is 0 Å². The van der Waals surface area contributed by atoms with Crippen LogP contribution in [0.5, 0.6) is 0 Å². The summed E-state index contributed by atoms with van der Waals surface area (Å²) in [7, 11) is 0. The van der Waals surface area contributed by atoms with E-state index in [0.29, 0.717) is 13.1 Å². The van der Waals surface area contributed by atoms with E-state index in [1.807, 2.05) is 0 Å². The van der Waals surface area contributed by atoms with Crippen molar-refractivity contribution in [3.63, 3.8) is 0 Å². The Bertz CT molecular complexity index is 369. The van der Waals surface area contributed by atoms with Crippen LogP contribution in [0, 0.1) is 0 Å². The van der Waals surface area contributed by atoms with Gasteiger partial charge in [0, 0.05) is 0 Å². The molecule has 2 aliphatic carbocycles. The van der Waals surface area contributed by atoms with Crippen molar-refractivity contribution in [2.75, 3.05) is 13.1 Å². The van der Waals surface area contributed by atoms with Crippen LogP contribution in [0.1, 0.15) is 25.7 Å². The zero-order valence-corrected chi connectivity index (χ0v) is 11.4. The quantitative estimate of drug-likeness (QED) is 0.703. The molecule has 0 radical (unpaired) electrons. The van der Waals surface area contributed by atoms with E-state index in [9.17, 15) is 0 Å². The average molecular weight is 260 g/mol. The molecule has 0 spiro atoms. The van der Waals surface area contributed by atoms with Crippen LogP contribution in [-0.4, -0.2) is 25.3 Å². The Morgan fingerprint density at radius 1 is 0.895 bits per heavy atom. The van der Waals surface area contributed by atoms with Crippen molar-refractivity contribution >= 4 is 0 Å². The molecule has 0 saturated heterocycles. The molecule has 0 heterocycles. The second kappa shape index (κ2) is 7.43. The molecule has 104 valence electrons. The SMILES string of the molecule is NCCC(OC(CCN)C1=CC=CC1)C1=CC=CC1. The highest BCUT2D eigenvalue weighted by molar-refractivity contribution is 5.28. The minimum Gasteiger partial charge on any atom is -0.366 e. The van der Waals surface area contributed by atoms with Crippen molar-refractivity contribution in [2.45, 2.75) is 37.9 Å². The lowest BCUT2D eigenvalue weighted by Gasteiger charge is -2.26. The lowest BCUT2D eigenvalue weighted by atomic mass is 10.0. The van der Waals surface area contributed by atoms with Gasteiger partial charge < -0.3 is 16.2 Å². The first-order chi connectivity index (χ1) is 9.35. The monoisotopic (exact) mass is 260 g/mol. The van der Waals surface area contributed by atoms with Gasteiger partial charge in [0.05, 0.1) is 12.2 Å². The molecule has 4 N–H and O–H groups in total. The van der Waals surface area contributed by atoms with Gasteiger partial charge in [-0.05, 0) is 49.9 Å². The molecule has 0 aromatic rings. The Morgan fingerprint density at radius 2 is 1.37 bits per heavy atom. The Morgan fingerprint density at radius 3 is 1.68 bits per heavy atom. The molecule has 2 unspecified atom stereocenters. The van der Waals surface area contributed by atoms with E-state index < -0.39 is 0 Å². The van der Waals surface area contributed by atoms with E-state index in [2.05, 4.69) is 36.5 Å². The van der Waals surface area contributed by atoms with Crippen molar-refractivity contribution in [1.29, 1.82) is 0 Å². The Kier molecular flexibility index (Phi) is 5.58. The molecule has 3 heteroatoms. The smallest absolute Gasteiger partial charge is 0.0811 e. The normalized spacial score (nSPS) is 20.5. The second-order valence-corrected chi connectivity index (χ2v) is 5.02. The molecule has 19 heavy (non-hydrogen) atoms. The molecule has 0 aromatic carbocycles. The van der Waals surface area contributed by atoms with Crippen LogP contribution in [0.3, 0.4) is 0 Å². The number of rotatable bonds is 8. The summed E-state index contributed by atoms with van der Waals surface area (Å²) in [5, 5.41) is 0. The molecule has 0 amide bonds. The van der Waals surface area contributed by atoms with Crippen molar-refractivity contribution in [3.05, 3.63) is 47.6 Å². The zero-order chi connectivity index (χ0) is 13.5. The molecule has 2 rings (SSSR count). The second-order valence-electron chi connectivity index (χ2n) is 5.02.